The third kappa shape index (κ3) is 5.88. The van der Waals surface area contributed by atoms with E-state index in [9.17, 15) is 9.90 Å². The Kier molecular flexibility index (Phi) is 7.71. The molecule has 1 heterocycles. The van der Waals surface area contributed by atoms with E-state index in [0.29, 0.717) is 24.4 Å². The molecule has 1 unspecified atom stereocenters. The minimum Gasteiger partial charge on any atom is -0.508 e. The molecule has 0 aliphatic carbocycles. The summed E-state index contributed by atoms with van der Waals surface area (Å²) in [6.07, 6.45) is 3.80. The largest absolute Gasteiger partial charge is 0.508 e. The zero-order chi connectivity index (χ0) is 24.1. The van der Waals surface area contributed by atoms with Crippen molar-refractivity contribution in [1.29, 1.82) is 0 Å². The Morgan fingerprint density at radius 2 is 1.97 bits per heavy atom. The fourth-order valence-corrected chi connectivity index (χ4v) is 4.79. The van der Waals surface area contributed by atoms with Gasteiger partial charge in [0.25, 0.3) is 5.91 Å². The van der Waals surface area contributed by atoms with Crippen molar-refractivity contribution in [3.63, 3.8) is 0 Å². The van der Waals surface area contributed by atoms with Crippen molar-refractivity contribution >= 4 is 23.6 Å². The van der Waals surface area contributed by atoms with Gasteiger partial charge in [0, 0.05) is 36.3 Å². The van der Waals surface area contributed by atoms with E-state index in [0.717, 1.165) is 41.1 Å². The van der Waals surface area contributed by atoms with Crippen LogP contribution in [0.15, 0.2) is 72.3 Å². The summed E-state index contributed by atoms with van der Waals surface area (Å²) in [4.78, 5) is 15.4. The van der Waals surface area contributed by atoms with Gasteiger partial charge in [-0.05, 0) is 79.3 Å². The summed E-state index contributed by atoms with van der Waals surface area (Å²) in [7, 11) is 0. The minimum absolute atomic E-state index is 0.0473. The van der Waals surface area contributed by atoms with E-state index in [1.165, 1.54) is 11.1 Å². The Labute approximate surface area is 206 Å². The first-order valence-corrected chi connectivity index (χ1v) is 12.1. The lowest BCUT2D eigenvalue weighted by Crippen LogP contribution is -2.34. The van der Waals surface area contributed by atoms with E-state index < -0.39 is 0 Å². The highest BCUT2D eigenvalue weighted by Gasteiger charge is 2.25. The minimum atomic E-state index is -0.0473. The van der Waals surface area contributed by atoms with Crippen LogP contribution in [-0.2, 0) is 13.0 Å². The first kappa shape index (κ1) is 24.1. The van der Waals surface area contributed by atoms with Gasteiger partial charge in [0.15, 0.2) is 0 Å². The van der Waals surface area contributed by atoms with E-state index in [1.54, 1.807) is 6.07 Å². The molecule has 0 spiro atoms. The molecule has 3 aromatic rings. The van der Waals surface area contributed by atoms with E-state index in [4.69, 9.17) is 11.6 Å². The molecule has 0 aromatic heterocycles. The molecule has 4 rings (SSSR count). The maximum absolute atomic E-state index is 13.0. The van der Waals surface area contributed by atoms with E-state index in [-0.39, 0.29) is 11.9 Å². The van der Waals surface area contributed by atoms with E-state index in [1.807, 2.05) is 60.7 Å². The fraction of sp³-hybridized carbons (Fsp3) is 0.276. The molecule has 0 saturated carbocycles. The molecule has 1 atom stereocenters. The molecule has 4 nitrogen and oxygen atoms in total. The Hall–Kier alpha value is -3.08. The summed E-state index contributed by atoms with van der Waals surface area (Å²) in [5, 5.41) is 13.7. The van der Waals surface area contributed by atoms with Crippen LogP contribution in [0.5, 0.6) is 5.75 Å². The molecule has 0 radical (unpaired) electrons. The standard InChI is InChI=1S/C29H31ClN2O2/c1-20(16-22-6-5-8-25(30)17-22)12-14-31-29(34)27-9-4-3-7-24(27)19-32-15-13-23-10-11-26(33)18-28(23)21(32)2/h3-11,16-18,21,33H,12-15,19H2,1-2H3,(H,31,34)/b20-16+. The highest BCUT2D eigenvalue weighted by molar-refractivity contribution is 6.30. The molecular formula is C29H31ClN2O2. The van der Waals surface area contributed by atoms with Gasteiger partial charge in [-0.1, -0.05) is 59.6 Å². The fourth-order valence-electron chi connectivity index (χ4n) is 4.59. The Morgan fingerprint density at radius 1 is 1.15 bits per heavy atom. The topological polar surface area (TPSA) is 52.6 Å². The van der Waals surface area contributed by atoms with Gasteiger partial charge in [0.2, 0.25) is 0 Å². The second-order valence-electron chi connectivity index (χ2n) is 8.99. The van der Waals surface area contributed by atoms with Crippen LogP contribution in [0.3, 0.4) is 0 Å². The highest BCUT2D eigenvalue weighted by Crippen LogP contribution is 2.33. The third-order valence-corrected chi connectivity index (χ3v) is 6.73. The predicted molar refractivity (Wildman–Crippen MR) is 139 cm³/mol. The molecule has 1 aliphatic heterocycles. The molecule has 0 saturated heterocycles. The van der Waals surface area contributed by atoms with Crippen molar-refractivity contribution < 1.29 is 9.90 Å². The van der Waals surface area contributed by atoms with Crippen molar-refractivity contribution in [3.05, 3.63) is 105 Å². The molecule has 0 bridgehead atoms. The Balaban J connectivity index is 1.39. The summed E-state index contributed by atoms with van der Waals surface area (Å²) in [6.45, 7) is 6.41. The molecule has 34 heavy (non-hydrogen) atoms. The zero-order valence-electron chi connectivity index (χ0n) is 19.7. The second-order valence-corrected chi connectivity index (χ2v) is 9.42. The first-order chi connectivity index (χ1) is 16.4. The average Bonchev–Trinajstić information content (AvgIpc) is 2.81. The number of fused-ring (bicyclic) bond motifs is 1. The van der Waals surface area contributed by atoms with Gasteiger partial charge in [-0.15, -0.1) is 0 Å². The van der Waals surface area contributed by atoms with Crippen molar-refractivity contribution in [2.75, 3.05) is 13.1 Å². The van der Waals surface area contributed by atoms with Crippen LogP contribution in [0.4, 0.5) is 0 Å². The number of hydrogen-bond donors (Lipinski definition) is 2. The molecule has 1 amide bonds. The zero-order valence-corrected chi connectivity index (χ0v) is 20.5. The first-order valence-electron chi connectivity index (χ1n) is 11.8. The van der Waals surface area contributed by atoms with Crippen LogP contribution in [0, 0.1) is 0 Å². The molecule has 0 fully saturated rings. The molecule has 176 valence electrons. The number of nitrogens with zero attached hydrogens (tertiary/aromatic N) is 1. The number of halogens is 1. The lowest BCUT2D eigenvalue weighted by atomic mass is 9.92. The molecule has 5 heteroatoms. The number of nitrogens with one attached hydrogen (secondary N) is 1. The monoisotopic (exact) mass is 474 g/mol. The van der Waals surface area contributed by atoms with Crippen LogP contribution < -0.4 is 5.32 Å². The van der Waals surface area contributed by atoms with Crippen LogP contribution >= 0.6 is 11.6 Å². The molecule has 3 aromatic carbocycles. The molecular weight excluding hydrogens is 444 g/mol. The highest BCUT2D eigenvalue weighted by atomic mass is 35.5. The van der Waals surface area contributed by atoms with Gasteiger partial charge in [0.1, 0.15) is 5.75 Å². The van der Waals surface area contributed by atoms with Crippen LogP contribution in [0.25, 0.3) is 6.08 Å². The maximum Gasteiger partial charge on any atom is 0.251 e. The quantitative estimate of drug-likeness (QED) is 0.417. The number of carbonyl (C=O) groups excluding carboxylic acids is 1. The number of carbonyl (C=O) groups is 1. The number of hydrogen-bond acceptors (Lipinski definition) is 3. The van der Waals surface area contributed by atoms with Gasteiger partial charge in [-0.2, -0.15) is 0 Å². The number of phenols is 1. The SMILES string of the molecule is C/C(=C\c1cccc(Cl)c1)CCNC(=O)c1ccccc1CN1CCc2ccc(O)cc2C1C. The number of aromatic hydroxyl groups is 1. The van der Waals surface area contributed by atoms with Crippen LogP contribution in [0.2, 0.25) is 5.02 Å². The lowest BCUT2D eigenvalue weighted by molar-refractivity contribution is 0.0951. The number of rotatable bonds is 7. The number of amides is 1. The summed E-state index contributed by atoms with van der Waals surface area (Å²) in [5.41, 5.74) is 6.42. The van der Waals surface area contributed by atoms with Gasteiger partial charge < -0.3 is 10.4 Å². The van der Waals surface area contributed by atoms with Gasteiger partial charge in [-0.3, -0.25) is 9.69 Å². The number of benzene rings is 3. The summed E-state index contributed by atoms with van der Waals surface area (Å²) >= 11 is 6.07. The Bertz CT molecular complexity index is 1200. The van der Waals surface area contributed by atoms with Gasteiger partial charge >= 0.3 is 0 Å². The lowest BCUT2D eigenvalue weighted by Gasteiger charge is -2.35. The van der Waals surface area contributed by atoms with Crippen molar-refractivity contribution in [2.24, 2.45) is 0 Å². The van der Waals surface area contributed by atoms with Gasteiger partial charge in [0.05, 0.1) is 0 Å². The normalized spacial score (nSPS) is 16.2. The molecule has 1 aliphatic rings. The van der Waals surface area contributed by atoms with E-state index in [2.05, 4.69) is 30.1 Å². The summed E-state index contributed by atoms with van der Waals surface area (Å²) in [5.74, 6) is 0.251. The van der Waals surface area contributed by atoms with Crippen LogP contribution in [-0.4, -0.2) is 29.0 Å². The summed E-state index contributed by atoms with van der Waals surface area (Å²) in [6, 6.07) is 21.4. The predicted octanol–water partition coefficient (Wildman–Crippen LogP) is 6.39. The van der Waals surface area contributed by atoms with Gasteiger partial charge in [-0.25, -0.2) is 0 Å². The van der Waals surface area contributed by atoms with Crippen LogP contribution in [0.1, 0.15) is 58.9 Å². The Morgan fingerprint density at radius 3 is 2.79 bits per heavy atom. The maximum atomic E-state index is 13.0. The van der Waals surface area contributed by atoms with Crippen molar-refractivity contribution in [3.8, 4) is 5.75 Å². The van der Waals surface area contributed by atoms with Crippen molar-refractivity contribution in [2.45, 2.75) is 39.3 Å². The van der Waals surface area contributed by atoms with E-state index >= 15 is 0 Å². The summed E-state index contributed by atoms with van der Waals surface area (Å²) < 4.78 is 0. The third-order valence-electron chi connectivity index (χ3n) is 6.50. The number of phenolic OH excluding ortho intramolecular Hbond substituents is 1. The molecule has 2 N–H and O–H groups in total. The average molecular weight is 475 g/mol. The smallest absolute Gasteiger partial charge is 0.251 e. The second kappa shape index (κ2) is 10.9. The van der Waals surface area contributed by atoms with Crippen molar-refractivity contribution in [1.82, 2.24) is 10.2 Å².